The standard InChI is InChI=1S/C12H17NO2S/c1-3-4-7-13-12(15)10-8-9(16-2)5-6-11(10)14/h5-6,8,14H,3-4,7H2,1-2H3,(H,13,15). The van der Waals surface area contributed by atoms with Crippen LogP contribution >= 0.6 is 11.8 Å². The van der Waals surface area contributed by atoms with Crippen LogP contribution in [-0.2, 0) is 0 Å². The van der Waals surface area contributed by atoms with Crippen molar-refractivity contribution in [2.75, 3.05) is 12.8 Å². The van der Waals surface area contributed by atoms with Gasteiger partial charge in [0, 0.05) is 11.4 Å². The Morgan fingerprint density at radius 3 is 2.88 bits per heavy atom. The zero-order chi connectivity index (χ0) is 12.0. The third-order valence-corrected chi connectivity index (χ3v) is 2.99. The number of benzene rings is 1. The van der Waals surface area contributed by atoms with Crippen molar-refractivity contribution in [3.63, 3.8) is 0 Å². The molecule has 0 aliphatic carbocycles. The quantitative estimate of drug-likeness (QED) is 0.613. The number of phenolic OH excluding ortho intramolecular Hbond substituents is 1. The Bertz CT molecular complexity index is 366. The van der Waals surface area contributed by atoms with E-state index in [0.717, 1.165) is 17.7 Å². The van der Waals surface area contributed by atoms with Crippen LogP contribution in [0.5, 0.6) is 5.75 Å². The maximum Gasteiger partial charge on any atom is 0.255 e. The first-order chi connectivity index (χ1) is 7.69. The molecule has 4 heteroatoms. The summed E-state index contributed by atoms with van der Waals surface area (Å²) in [6.07, 6.45) is 3.93. The molecule has 0 radical (unpaired) electrons. The van der Waals surface area contributed by atoms with Crippen molar-refractivity contribution in [3.8, 4) is 5.75 Å². The van der Waals surface area contributed by atoms with Gasteiger partial charge < -0.3 is 10.4 Å². The van der Waals surface area contributed by atoms with Crippen LogP contribution in [0.2, 0.25) is 0 Å². The highest BCUT2D eigenvalue weighted by Crippen LogP contribution is 2.23. The number of aromatic hydroxyl groups is 1. The monoisotopic (exact) mass is 239 g/mol. The number of hydrogen-bond donors (Lipinski definition) is 2. The van der Waals surface area contributed by atoms with E-state index in [1.165, 1.54) is 0 Å². The molecule has 0 saturated carbocycles. The minimum atomic E-state index is -0.207. The Hall–Kier alpha value is -1.16. The summed E-state index contributed by atoms with van der Waals surface area (Å²) in [5.74, 6) is -0.173. The first kappa shape index (κ1) is 12.9. The first-order valence-electron chi connectivity index (χ1n) is 5.34. The Morgan fingerprint density at radius 1 is 1.50 bits per heavy atom. The lowest BCUT2D eigenvalue weighted by molar-refractivity contribution is 0.0950. The molecular formula is C12H17NO2S. The second-order valence-electron chi connectivity index (χ2n) is 3.49. The summed E-state index contributed by atoms with van der Waals surface area (Å²) in [4.78, 5) is 12.7. The summed E-state index contributed by atoms with van der Waals surface area (Å²) < 4.78 is 0. The van der Waals surface area contributed by atoms with Crippen LogP contribution in [0.15, 0.2) is 23.1 Å². The van der Waals surface area contributed by atoms with Crippen molar-refractivity contribution in [2.24, 2.45) is 0 Å². The van der Waals surface area contributed by atoms with Crippen molar-refractivity contribution < 1.29 is 9.90 Å². The fourth-order valence-corrected chi connectivity index (χ4v) is 1.74. The highest BCUT2D eigenvalue weighted by atomic mass is 32.2. The molecule has 1 rings (SSSR count). The van der Waals surface area contributed by atoms with E-state index in [9.17, 15) is 9.90 Å². The van der Waals surface area contributed by atoms with Crippen molar-refractivity contribution in [2.45, 2.75) is 24.7 Å². The van der Waals surface area contributed by atoms with Gasteiger partial charge in [0.05, 0.1) is 5.56 Å². The number of phenols is 1. The molecule has 0 bridgehead atoms. The second kappa shape index (κ2) is 6.43. The molecule has 0 atom stereocenters. The highest BCUT2D eigenvalue weighted by Gasteiger charge is 2.10. The maximum absolute atomic E-state index is 11.7. The van der Waals surface area contributed by atoms with Crippen LogP contribution in [0.25, 0.3) is 0 Å². The van der Waals surface area contributed by atoms with E-state index in [0.29, 0.717) is 12.1 Å². The largest absolute Gasteiger partial charge is 0.507 e. The highest BCUT2D eigenvalue weighted by molar-refractivity contribution is 7.98. The second-order valence-corrected chi connectivity index (χ2v) is 4.37. The molecule has 2 N–H and O–H groups in total. The van der Waals surface area contributed by atoms with Gasteiger partial charge in [-0.05, 0) is 30.9 Å². The van der Waals surface area contributed by atoms with Crippen LogP contribution < -0.4 is 5.32 Å². The van der Waals surface area contributed by atoms with Crippen LogP contribution in [0.3, 0.4) is 0 Å². The summed E-state index contributed by atoms with van der Waals surface area (Å²) in [6, 6.07) is 5.06. The number of unbranched alkanes of at least 4 members (excludes halogenated alkanes) is 1. The predicted octanol–water partition coefficient (Wildman–Crippen LogP) is 2.64. The number of hydrogen-bond acceptors (Lipinski definition) is 3. The van der Waals surface area contributed by atoms with Crippen LogP contribution in [0.1, 0.15) is 30.1 Å². The molecule has 0 aliphatic heterocycles. The summed E-state index contributed by atoms with van der Waals surface area (Å²) in [7, 11) is 0. The third-order valence-electron chi connectivity index (χ3n) is 2.26. The molecular weight excluding hydrogens is 222 g/mol. The zero-order valence-electron chi connectivity index (χ0n) is 9.62. The molecule has 0 aromatic heterocycles. The number of thioether (sulfide) groups is 1. The third kappa shape index (κ3) is 3.45. The Labute approximate surface area is 100 Å². The van der Waals surface area contributed by atoms with Gasteiger partial charge in [-0.1, -0.05) is 13.3 Å². The normalized spacial score (nSPS) is 10.1. The predicted molar refractivity (Wildman–Crippen MR) is 67.1 cm³/mol. The van der Waals surface area contributed by atoms with Gasteiger partial charge in [-0.25, -0.2) is 0 Å². The van der Waals surface area contributed by atoms with Crippen molar-refractivity contribution in [3.05, 3.63) is 23.8 Å². The van der Waals surface area contributed by atoms with Gasteiger partial charge in [-0.3, -0.25) is 4.79 Å². The molecule has 1 aromatic carbocycles. The van der Waals surface area contributed by atoms with E-state index in [-0.39, 0.29) is 11.7 Å². The van der Waals surface area contributed by atoms with Gasteiger partial charge >= 0.3 is 0 Å². The molecule has 0 heterocycles. The topological polar surface area (TPSA) is 49.3 Å². The van der Waals surface area contributed by atoms with Gasteiger partial charge in [0.2, 0.25) is 0 Å². The summed E-state index contributed by atoms with van der Waals surface area (Å²) >= 11 is 1.55. The molecule has 0 aliphatic rings. The average Bonchev–Trinajstić information content (AvgIpc) is 2.30. The number of carbonyl (C=O) groups is 1. The molecule has 88 valence electrons. The van der Waals surface area contributed by atoms with E-state index in [1.54, 1.807) is 30.0 Å². The van der Waals surface area contributed by atoms with Crippen molar-refractivity contribution >= 4 is 17.7 Å². The molecule has 0 spiro atoms. The van der Waals surface area contributed by atoms with Crippen LogP contribution in [-0.4, -0.2) is 23.8 Å². The van der Waals surface area contributed by atoms with Gasteiger partial charge in [-0.2, -0.15) is 0 Å². The van der Waals surface area contributed by atoms with E-state index >= 15 is 0 Å². The molecule has 1 amide bonds. The van der Waals surface area contributed by atoms with Gasteiger partial charge in [0.1, 0.15) is 5.75 Å². The lowest BCUT2D eigenvalue weighted by atomic mass is 10.2. The average molecular weight is 239 g/mol. The smallest absolute Gasteiger partial charge is 0.255 e. The molecule has 0 unspecified atom stereocenters. The fourth-order valence-electron chi connectivity index (χ4n) is 1.30. The number of amides is 1. The molecule has 0 fully saturated rings. The van der Waals surface area contributed by atoms with Crippen molar-refractivity contribution in [1.29, 1.82) is 0 Å². The Kier molecular flexibility index (Phi) is 5.19. The summed E-state index contributed by atoms with van der Waals surface area (Å²) in [5.41, 5.74) is 0.350. The Morgan fingerprint density at radius 2 is 2.25 bits per heavy atom. The van der Waals surface area contributed by atoms with Crippen LogP contribution in [0.4, 0.5) is 0 Å². The maximum atomic E-state index is 11.7. The molecule has 3 nitrogen and oxygen atoms in total. The SMILES string of the molecule is CCCCNC(=O)c1cc(SC)ccc1O. The van der Waals surface area contributed by atoms with E-state index in [1.807, 2.05) is 6.26 Å². The lowest BCUT2D eigenvalue weighted by Gasteiger charge is -2.07. The minimum Gasteiger partial charge on any atom is -0.507 e. The summed E-state index contributed by atoms with van der Waals surface area (Å²) in [6.45, 7) is 2.72. The number of rotatable bonds is 5. The first-order valence-corrected chi connectivity index (χ1v) is 6.56. The van der Waals surface area contributed by atoms with Gasteiger partial charge in [0.15, 0.2) is 0 Å². The number of nitrogens with one attached hydrogen (secondary N) is 1. The minimum absolute atomic E-state index is 0.0341. The van der Waals surface area contributed by atoms with Gasteiger partial charge in [0.25, 0.3) is 5.91 Å². The Balaban J connectivity index is 2.73. The van der Waals surface area contributed by atoms with E-state index in [4.69, 9.17) is 0 Å². The fraction of sp³-hybridized carbons (Fsp3) is 0.417. The number of carbonyl (C=O) groups excluding carboxylic acids is 1. The molecule has 16 heavy (non-hydrogen) atoms. The van der Waals surface area contributed by atoms with Crippen molar-refractivity contribution in [1.82, 2.24) is 5.32 Å². The van der Waals surface area contributed by atoms with E-state index in [2.05, 4.69) is 12.2 Å². The molecule has 1 aromatic rings. The zero-order valence-corrected chi connectivity index (χ0v) is 10.4. The van der Waals surface area contributed by atoms with Crippen LogP contribution in [0, 0.1) is 0 Å². The van der Waals surface area contributed by atoms with E-state index < -0.39 is 0 Å². The van der Waals surface area contributed by atoms with Gasteiger partial charge in [-0.15, -0.1) is 11.8 Å². The lowest BCUT2D eigenvalue weighted by Crippen LogP contribution is -2.24. The molecule has 0 saturated heterocycles. The summed E-state index contributed by atoms with van der Waals surface area (Å²) in [5, 5.41) is 12.4.